The summed E-state index contributed by atoms with van der Waals surface area (Å²) in [6.45, 7) is 1.66. The number of rotatable bonds is 5. The Labute approximate surface area is 168 Å². The van der Waals surface area contributed by atoms with Crippen molar-refractivity contribution < 1.29 is 13.6 Å². The van der Waals surface area contributed by atoms with E-state index in [0.29, 0.717) is 11.3 Å². The lowest BCUT2D eigenvalue weighted by Crippen LogP contribution is -2.28. The first kappa shape index (κ1) is 19.4. The zero-order chi connectivity index (χ0) is 21.3. The zero-order valence-electron chi connectivity index (χ0n) is 15.8. The number of carbonyl (C=O) groups is 1. The quantitative estimate of drug-likeness (QED) is 0.545. The summed E-state index contributed by atoms with van der Waals surface area (Å²) in [5.41, 5.74) is 1.54. The molecule has 1 N–H and O–H groups in total. The summed E-state index contributed by atoms with van der Waals surface area (Å²) in [7, 11) is 0. The Hall–Kier alpha value is -3.95. The molecule has 4 aromatic rings. The van der Waals surface area contributed by atoms with Gasteiger partial charge in [-0.15, -0.1) is 5.10 Å². The van der Waals surface area contributed by atoms with E-state index in [1.165, 1.54) is 11.0 Å². The monoisotopic (exact) mass is 410 g/mol. The molecule has 0 saturated carbocycles. The van der Waals surface area contributed by atoms with Gasteiger partial charge in [0.05, 0.1) is 6.54 Å². The molecule has 0 unspecified atom stereocenters. The maximum atomic E-state index is 13.4. The Morgan fingerprint density at radius 3 is 2.50 bits per heavy atom. The maximum absolute atomic E-state index is 13.4. The van der Waals surface area contributed by atoms with Crippen LogP contribution in [0.3, 0.4) is 0 Å². The Kier molecular flexibility index (Phi) is 5.05. The number of fused-ring (bicyclic) bond motifs is 1. The first-order valence-corrected chi connectivity index (χ1v) is 8.99. The van der Waals surface area contributed by atoms with Crippen LogP contribution < -0.4 is 10.9 Å². The third-order valence-electron chi connectivity index (χ3n) is 4.40. The van der Waals surface area contributed by atoms with Crippen molar-refractivity contribution in [3.8, 4) is 0 Å². The molecule has 0 aliphatic heterocycles. The second-order valence-electron chi connectivity index (χ2n) is 6.79. The molecule has 2 aromatic heterocycles. The lowest BCUT2D eigenvalue weighted by Gasteiger charge is -2.07. The van der Waals surface area contributed by atoms with Crippen LogP contribution in [0.15, 0.2) is 53.6 Å². The van der Waals surface area contributed by atoms with Crippen molar-refractivity contribution in [1.82, 2.24) is 24.5 Å². The average molecular weight is 410 g/mol. The molecule has 4 rings (SSSR count). The van der Waals surface area contributed by atoms with Gasteiger partial charge >= 0.3 is 0 Å². The Bertz CT molecular complexity index is 1280. The zero-order valence-corrected chi connectivity index (χ0v) is 15.8. The summed E-state index contributed by atoms with van der Waals surface area (Å²) in [5.74, 6) is -1.83. The molecule has 10 heteroatoms. The van der Waals surface area contributed by atoms with Crippen molar-refractivity contribution in [3.63, 3.8) is 0 Å². The van der Waals surface area contributed by atoms with Crippen molar-refractivity contribution in [2.75, 3.05) is 5.32 Å². The van der Waals surface area contributed by atoms with Crippen LogP contribution in [-0.4, -0.2) is 30.5 Å². The number of amides is 1. The van der Waals surface area contributed by atoms with Gasteiger partial charge < -0.3 is 5.32 Å². The molecular weight excluding hydrogens is 394 g/mol. The number of nitrogens with zero attached hydrogens (tertiary/aromatic N) is 5. The third kappa shape index (κ3) is 4.07. The normalized spacial score (nSPS) is 11.0. The summed E-state index contributed by atoms with van der Waals surface area (Å²) < 4.78 is 29.2. The molecule has 0 fully saturated rings. The van der Waals surface area contributed by atoms with Crippen molar-refractivity contribution in [1.29, 1.82) is 0 Å². The van der Waals surface area contributed by atoms with Crippen LogP contribution in [-0.2, 0) is 17.9 Å². The molecule has 0 radical (unpaired) electrons. The summed E-state index contributed by atoms with van der Waals surface area (Å²) in [5, 5.41) is 10.4. The van der Waals surface area contributed by atoms with Crippen LogP contribution in [0.4, 0.5) is 14.5 Å². The number of nitrogens with one attached hydrogen (secondary N) is 1. The van der Waals surface area contributed by atoms with E-state index in [-0.39, 0.29) is 24.3 Å². The molecule has 152 valence electrons. The van der Waals surface area contributed by atoms with Gasteiger partial charge in [0.15, 0.2) is 11.2 Å². The molecule has 0 spiro atoms. The van der Waals surface area contributed by atoms with Crippen LogP contribution in [0.25, 0.3) is 11.2 Å². The predicted octanol–water partition coefficient (Wildman–Crippen LogP) is 2.26. The number of hydrogen-bond donors (Lipinski definition) is 1. The Balaban J connectivity index is 1.55. The molecule has 0 aliphatic rings. The fourth-order valence-corrected chi connectivity index (χ4v) is 2.97. The number of aryl methyl sites for hydroxylation is 1. The number of aromatic nitrogens is 5. The molecule has 1 amide bonds. The van der Waals surface area contributed by atoms with Crippen LogP contribution in [0.1, 0.15) is 11.1 Å². The van der Waals surface area contributed by atoms with E-state index in [1.807, 2.05) is 19.1 Å². The molecule has 0 atom stereocenters. The smallest absolute Gasteiger partial charge is 0.283 e. The van der Waals surface area contributed by atoms with E-state index < -0.39 is 23.1 Å². The standard InChI is InChI=1S/C20H16F2N6O2/c1-12-2-4-16(5-3-12)24-17(29)10-27-11-23-19-18(20(27)30)25-26-28(19)9-13-6-14(21)8-15(22)7-13/h2-8,11H,9-10H2,1H3,(H,24,29). The third-order valence-corrected chi connectivity index (χ3v) is 4.40. The first-order valence-electron chi connectivity index (χ1n) is 8.99. The van der Waals surface area contributed by atoms with Gasteiger partial charge in [0.25, 0.3) is 5.56 Å². The molecule has 2 aromatic carbocycles. The number of hydrogen-bond acceptors (Lipinski definition) is 5. The van der Waals surface area contributed by atoms with Gasteiger partial charge in [0, 0.05) is 11.8 Å². The van der Waals surface area contributed by atoms with Crippen molar-refractivity contribution in [3.05, 3.63) is 81.9 Å². The summed E-state index contributed by atoms with van der Waals surface area (Å²) >= 11 is 0. The number of benzene rings is 2. The summed E-state index contributed by atoms with van der Waals surface area (Å²) in [6.07, 6.45) is 1.21. The van der Waals surface area contributed by atoms with Gasteiger partial charge in [0.2, 0.25) is 5.91 Å². The van der Waals surface area contributed by atoms with Gasteiger partial charge in [-0.25, -0.2) is 18.4 Å². The lowest BCUT2D eigenvalue weighted by atomic mass is 10.2. The van der Waals surface area contributed by atoms with Gasteiger partial charge in [-0.05, 0) is 36.8 Å². The number of carbonyl (C=O) groups excluding carboxylic acids is 1. The maximum Gasteiger partial charge on any atom is 0.283 e. The highest BCUT2D eigenvalue weighted by atomic mass is 19.1. The van der Waals surface area contributed by atoms with Crippen molar-refractivity contribution in [2.24, 2.45) is 0 Å². The van der Waals surface area contributed by atoms with Crippen molar-refractivity contribution >= 4 is 22.8 Å². The van der Waals surface area contributed by atoms with E-state index in [1.54, 1.807) is 12.1 Å². The predicted molar refractivity (Wildman–Crippen MR) is 105 cm³/mol. The fourth-order valence-electron chi connectivity index (χ4n) is 2.97. The topological polar surface area (TPSA) is 94.7 Å². The van der Waals surface area contributed by atoms with E-state index in [0.717, 1.165) is 28.3 Å². The highest BCUT2D eigenvalue weighted by molar-refractivity contribution is 5.90. The largest absolute Gasteiger partial charge is 0.325 e. The highest BCUT2D eigenvalue weighted by Gasteiger charge is 2.15. The molecule has 30 heavy (non-hydrogen) atoms. The van der Waals surface area contributed by atoms with Crippen LogP contribution >= 0.6 is 0 Å². The summed E-state index contributed by atoms with van der Waals surface area (Å²) in [6, 6.07) is 10.3. The first-order chi connectivity index (χ1) is 14.4. The van der Waals surface area contributed by atoms with Gasteiger partial charge in [-0.3, -0.25) is 14.2 Å². The van der Waals surface area contributed by atoms with E-state index in [4.69, 9.17) is 0 Å². The van der Waals surface area contributed by atoms with E-state index in [9.17, 15) is 18.4 Å². The SMILES string of the molecule is Cc1ccc(NC(=O)Cn2cnc3c(nnn3Cc3cc(F)cc(F)c3)c2=O)cc1. The second kappa shape index (κ2) is 7.82. The molecule has 0 saturated heterocycles. The average Bonchev–Trinajstić information content (AvgIpc) is 3.08. The lowest BCUT2D eigenvalue weighted by molar-refractivity contribution is -0.116. The fraction of sp³-hybridized carbons (Fsp3) is 0.150. The molecule has 0 aliphatic carbocycles. The highest BCUT2D eigenvalue weighted by Crippen LogP contribution is 2.12. The molecule has 8 nitrogen and oxygen atoms in total. The van der Waals surface area contributed by atoms with Crippen LogP contribution in [0.5, 0.6) is 0 Å². The molecule has 2 heterocycles. The molecule has 0 bridgehead atoms. The van der Waals surface area contributed by atoms with Crippen LogP contribution in [0.2, 0.25) is 0 Å². The second-order valence-corrected chi connectivity index (χ2v) is 6.79. The minimum Gasteiger partial charge on any atom is -0.325 e. The summed E-state index contributed by atoms with van der Waals surface area (Å²) in [4.78, 5) is 29.0. The van der Waals surface area contributed by atoms with Gasteiger partial charge in [0.1, 0.15) is 24.5 Å². The van der Waals surface area contributed by atoms with E-state index in [2.05, 4.69) is 20.6 Å². The van der Waals surface area contributed by atoms with Crippen molar-refractivity contribution in [2.45, 2.75) is 20.0 Å². The minimum absolute atomic E-state index is 0.0183. The van der Waals surface area contributed by atoms with Gasteiger partial charge in [-0.1, -0.05) is 22.9 Å². The van der Waals surface area contributed by atoms with E-state index >= 15 is 0 Å². The number of anilines is 1. The molecular formula is C20H16F2N6O2. The number of halogens is 2. The van der Waals surface area contributed by atoms with Gasteiger partial charge in [-0.2, -0.15) is 0 Å². The Morgan fingerprint density at radius 1 is 1.10 bits per heavy atom. The minimum atomic E-state index is -0.718. The van der Waals surface area contributed by atoms with Crippen LogP contribution in [0, 0.1) is 18.6 Å². The Morgan fingerprint density at radius 2 is 1.80 bits per heavy atom.